The molecule has 2 heterocycles. The number of nitrogens with zero attached hydrogens (tertiary/aromatic N) is 3. The molecule has 0 aliphatic heterocycles. The first-order valence-corrected chi connectivity index (χ1v) is 7.82. The first-order valence-electron chi connectivity index (χ1n) is 6.94. The quantitative estimate of drug-likeness (QED) is 0.857. The largest absolute Gasteiger partial charge is 0.369 e. The molecule has 0 saturated carbocycles. The Kier molecular flexibility index (Phi) is 5.21. The predicted molar refractivity (Wildman–Crippen MR) is 85.0 cm³/mol. The Morgan fingerprint density at radius 1 is 1.33 bits per heavy atom. The molecule has 0 aliphatic carbocycles. The van der Waals surface area contributed by atoms with Gasteiger partial charge in [-0.05, 0) is 24.5 Å². The van der Waals surface area contributed by atoms with Crippen LogP contribution < -0.4 is 10.6 Å². The Balaban J connectivity index is 1.99. The number of carbonyl (C=O) groups is 1. The average Bonchev–Trinajstić information content (AvgIpc) is 2.94. The molecule has 0 spiro atoms. The number of hydrogen-bond donors (Lipinski definition) is 2. The molecule has 6 nitrogen and oxygen atoms in total. The second kappa shape index (κ2) is 7.12. The Hall–Kier alpha value is -2.02. The standard InChI is InChI=1S/C14H19N5OS/c1-4-7-15-12-6-5-10(18-19-12)13(20)17-14-16-11(8-21-14)9(2)3/h5-6,8-9H,4,7H2,1-3H3,(H,15,19)(H,16,17,20). The average molecular weight is 305 g/mol. The van der Waals surface area contributed by atoms with Crippen LogP contribution in [0.3, 0.4) is 0 Å². The summed E-state index contributed by atoms with van der Waals surface area (Å²) in [6, 6.07) is 3.40. The highest BCUT2D eigenvalue weighted by Gasteiger charge is 2.12. The van der Waals surface area contributed by atoms with Gasteiger partial charge >= 0.3 is 0 Å². The van der Waals surface area contributed by atoms with Crippen LogP contribution in [0.25, 0.3) is 0 Å². The normalized spacial score (nSPS) is 10.7. The molecule has 0 fully saturated rings. The van der Waals surface area contributed by atoms with Gasteiger partial charge in [0.1, 0.15) is 5.82 Å². The minimum absolute atomic E-state index is 0.276. The van der Waals surface area contributed by atoms with E-state index in [1.807, 2.05) is 5.38 Å². The fraction of sp³-hybridized carbons (Fsp3) is 0.429. The third-order valence-electron chi connectivity index (χ3n) is 2.79. The molecule has 2 rings (SSSR count). The topological polar surface area (TPSA) is 79.8 Å². The lowest BCUT2D eigenvalue weighted by Crippen LogP contribution is -2.15. The minimum Gasteiger partial charge on any atom is -0.369 e. The summed E-state index contributed by atoms with van der Waals surface area (Å²) in [6.45, 7) is 7.03. The number of carbonyl (C=O) groups excluding carboxylic acids is 1. The van der Waals surface area contributed by atoms with Crippen molar-refractivity contribution in [2.45, 2.75) is 33.1 Å². The van der Waals surface area contributed by atoms with Gasteiger partial charge in [0.25, 0.3) is 5.91 Å². The first kappa shape index (κ1) is 15.4. The SMILES string of the molecule is CCCNc1ccc(C(=O)Nc2nc(C(C)C)cs2)nn1. The van der Waals surface area contributed by atoms with E-state index >= 15 is 0 Å². The second-order valence-corrected chi connectivity index (χ2v) is 5.78. The maximum atomic E-state index is 12.1. The third-order valence-corrected chi connectivity index (χ3v) is 3.56. The molecule has 0 radical (unpaired) electrons. The number of hydrogen-bond acceptors (Lipinski definition) is 6. The van der Waals surface area contributed by atoms with E-state index in [0.717, 1.165) is 18.7 Å². The zero-order chi connectivity index (χ0) is 15.2. The van der Waals surface area contributed by atoms with Crippen molar-refractivity contribution in [3.05, 3.63) is 28.9 Å². The lowest BCUT2D eigenvalue weighted by Gasteiger charge is -2.04. The van der Waals surface area contributed by atoms with Crippen LogP contribution in [0.1, 0.15) is 49.3 Å². The van der Waals surface area contributed by atoms with Crippen LogP contribution in [0.4, 0.5) is 10.9 Å². The van der Waals surface area contributed by atoms with Gasteiger partial charge in [-0.1, -0.05) is 20.8 Å². The number of amides is 1. The van der Waals surface area contributed by atoms with E-state index in [-0.39, 0.29) is 11.6 Å². The van der Waals surface area contributed by atoms with Gasteiger partial charge in [-0.15, -0.1) is 21.5 Å². The molecule has 112 valence electrons. The van der Waals surface area contributed by atoms with Gasteiger partial charge < -0.3 is 5.32 Å². The van der Waals surface area contributed by atoms with E-state index < -0.39 is 0 Å². The summed E-state index contributed by atoms with van der Waals surface area (Å²) in [5.74, 6) is 0.717. The van der Waals surface area contributed by atoms with Gasteiger partial charge in [-0.3, -0.25) is 10.1 Å². The van der Waals surface area contributed by atoms with Crippen molar-refractivity contribution in [1.82, 2.24) is 15.2 Å². The monoisotopic (exact) mass is 305 g/mol. The highest BCUT2D eigenvalue weighted by Crippen LogP contribution is 2.21. The van der Waals surface area contributed by atoms with Gasteiger partial charge in [0.15, 0.2) is 10.8 Å². The van der Waals surface area contributed by atoms with E-state index in [0.29, 0.717) is 16.9 Å². The number of thiazole rings is 1. The zero-order valence-electron chi connectivity index (χ0n) is 12.4. The number of anilines is 2. The molecule has 0 aliphatic rings. The van der Waals surface area contributed by atoms with Crippen molar-refractivity contribution < 1.29 is 4.79 Å². The van der Waals surface area contributed by atoms with Crippen LogP contribution in [0.5, 0.6) is 0 Å². The maximum absolute atomic E-state index is 12.1. The first-order chi connectivity index (χ1) is 10.1. The zero-order valence-corrected chi connectivity index (χ0v) is 13.2. The number of rotatable bonds is 6. The van der Waals surface area contributed by atoms with Crippen LogP contribution in [0, 0.1) is 0 Å². The van der Waals surface area contributed by atoms with Crippen LogP contribution in [0.2, 0.25) is 0 Å². The Morgan fingerprint density at radius 2 is 2.14 bits per heavy atom. The lowest BCUT2D eigenvalue weighted by atomic mass is 10.2. The van der Waals surface area contributed by atoms with E-state index in [9.17, 15) is 4.79 Å². The van der Waals surface area contributed by atoms with Crippen molar-refractivity contribution in [2.24, 2.45) is 0 Å². The molecule has 2 aromatic rings. The van der Waals surface area contributed by atoms with Crippen LogP contribution in [-0.2, 0) is 0 Å². The molecule has 0 saturated heterocycles. The summed E-state index contributed by atoms with van der Waals surface area (Å²) in [5.41, 5.74) is 1.25. The predicted octanol–water partition coefficient (Wildman–Crippen LogP) is 3.13. The summed E-state index contributed by atoms with van der Waals surface area (Å²) < 4.78 is 0. The molecule has 21 heavy (non-hydrogen) atoms. The summed E-state index contributed by atoms with van der Waals surface area (Å²) in [5, 5.41) is 16.3. The molecule has 0 unspecified atom stereocenters. The van der Waals surface area contributed by atoms with Gasteiger partial charge in [0.2, 0.25) is 0 Å². The minimum atomic E-state index is -0.297. The lowest BCUT2D eigenvalue weighted by molar-refractivity contribution is 0.102. The molecule has 7 heteroatoms. The van der Waals surface area contributed by atoms with Gasteiger partial charge in [0, 0.05) is 11.9 Å². The molecule has 0 aromatic carbocycles. The van der Waals surface area contributed by atoms with Crippen molar-refractivity contribution in [3.8, 4) is 0 Å². The van der Waals surface area contributed by atoms with E-state index in [1.165, 1.54) is 11.3 Å². The van der Waals surface area contributed by atoms with E-state index in [4.69, 9.17) is 0 Å². The van der Waals surface area contributed by atoms with Crippen LogP contribution in [-0.4, -0.2) is 27.6 Å². The van der Waals surface area contributed by atoms with Crippen molar-refractivity contribution >= 4 is 28.2 Å². The van der Waals surface area contributed by atoms with Crippen molar-refractivity contribution in [2.75, 3.05) is 17.2 Å². The number of nitrogens with one attached hydrogen (secondary N) is 2. The van der Waals surface area contributed by atoms with Crippen LogP contribution >= 0.6 is 11.3 Å². The number of aromatic nitrogens is 3. The fourth-order valence-corrected chi connectivity index (χ4v) is 2.44. The summed E-state index contributed by atoms with van der Waals surface area (Å²) >= 11 is 1.41. The second-order valence-electron chi connectivity index (χ2n) is 4.92. The highest BCUT2D eigenvalue weighted by molar-refractivity contribution is 7.14. The summed E-state index contributed by atoms with van der Waals surface area (Å²) in [4.78, 5) is 16.4. The third kappa shape index (κ3) is 4.22. The van der Waals surface area contributed by atoms with Gasteiger partial charge in [-0.2, -0.15) is 0 Å². The smallest absolute Gasteiger partial charge is 0.277 e. The fourth-order valence-electron chi connectivity index (χ4n) is 1.57. The molecule has 0 bridgehead atoms. The molecular formula is C14H19N5OS. The summed E-state index contributed by atoms with van der Waals surface area (Å²) in [6.07, 6.45) is 1.01. The molecule has 2 N–H and O–H groups in total. The Bertz CT molecular complexity index is 594. The van der Waals surface area contributed by atoms with Gasteiger partial charge in [0.05, 0.1) is 5.69 Å². The van der Waals surface area contributed by atoms with Gasteiger partial charge in [-0.25, -0.2) is 4.98 Å². The summed E-state index contributed by atoms with van der Waals surface area (Å²) in [7, 11) is 0. The maximum Gasteiger partial charge on any atom is 0.277 e. The molecule has 2 aromatic heterocycles. The highest BCUT2D eigenvalue weighted by atomic mass is 32.1. The van der Waals surface area contributed by atoms with Crippen LogP contribution in [0.15, 0.2) is 17.5 Å². The van der Waals surface area contributed by atoms with E-state index in [2.05, 4.69) is 46.6 Å². The van der Waals surface area contributed by atoms with E-state index in [1.54, 1.807) is 12.1 Å². The molecular weight excluding hydrogens is 286 g/mol. The Labute approximate surface area is 128 Å². The molecule has 0 atom stereocenters. The molecule has 1 amide bonds. The Morgan fingerprint density at radius 3 is 2.71 bits per heavy atom. The van der Waals surface area contributed by atoms with Crippen molar-refractivity contribution in [1.29, 1.82) is 0 Å². The van der Waals surface area contributed by atoms with Crippen molar-refractivity contribution in [3.63, 3.8) is 0 Å².